The van der Waals surface area contributed by atoms with Gasteiger partial charge < -0.3 is 10.5 Å². The molecule has 0 spiro atoms. The first-order chi connectivity index (χ1) is 9.63. The minimum Gasteiger partial charge on any atom is -0.383 e. The molecule has 2 N–H and O–H groups in total. The van der Waals surface area contributed by atoms with Gasteiger partial charge in [-0.1, -0.05) is 29.8 Å². The van der Waals surface area contributed by atoms with Crippen molar-refractivity contribution in [2.75, 3.05) is 13.7 Å². The molecule has 0 saturated carbocycles. The van der Waals surface area contributed by atoms with Gasteiger partial charge in [0.05, 0.1) is 35.6 Å². The zero-order valence-electron chi connectivity index (χ0n) is 11.2. The van der Waals surface area contributed by atoms with Crippen LogP contribution in [-0.4, -0.2) is 23.5 Å². The van der Waals surface area contributed by atoms with E-state index in [2.05, 4.69) is 21.0 Å². The SMILES string of the molecule is COCCn1ncc(Br)c1C(N)Cc1ccccc1Cl. The Labute approximate surface area is 132 Å². The second-order valence-corrected chi connectivity index (χ2v) is 5.76. The first-order valence-corrected chi connectivity index (χ1v) is 7.49. The van der Waals surface area contributed by atoms with E-state index in [9.17, 15) is 0 Å². The third kappa shape index (κ3) is 3.61. The Morgan fingerprint density at radius 3 is 2.90 bits per heavy atom. The van der Waals surface area contributed by atoms with E-state index in [0.29, 0.717) is 19.6 Å². The summed E-state index contributed by atoms with van der Waals surface area (Å²) in [5.74, 6) is 0. The largest absolute Gasteiger partial charge is 0.383 e. The Hall–Kier alpha value is -0.880. The van der Waals surface area contributed by atoms with Crippen LogP contribution in [0.15, 0.2) is 34.9 Å². The van der Waals surface area contributed by atoms with Gasteiger partial charge in [-0.25, -0.2) is 0 Å². The van der Waals surface area contributed by atoms with E-state index in [-0.39, 0.29) is 6.04 Å². The third-order valence-corrected chi connectivity index (χ3v) is 4.07. The van der Waals surface area contributed by atoms with Gasteiger partial charge in [0.15, 0.2) is 0 Å². The molecule has 0 bridgehead atoms. The molecule has 0 aliphatic heterocycles. The first-order valence-electron chi connectivity index (χ1n) is 6.32. The van der Waals surface area contributed by atoms with Crippen LogP contribution in [0, 0.1) is 0 Å². The van der Waals surface area contributed by atoms with Crippen LogP contribution < -0.4 is 5.73 Å². The maximum atomic E-state index is 6.32. The van der Waals surface area contributed by atoms with E-state index >= 15 is 0 Å². The summed E-state index contributed by atoms with van der Waals surface area (Å²) in [7, 11) is 1.67. The molecular weight excluding hydrogens is 342 g/mol. The van der Waals surface area contributed by atoms with Crippen molar-refractivity contribution in [2.45, 2.75) is 19.0 Å². The molecule has 1 heterocycles. The Morgan fingerprint density at radius 1 is 1.45 bits per heavy atom. The highest BCUT2D eigenvalue weighted by Gasteiger charge is 2.17. The molecule has 1 unspecified atom stereocenters. The van der Waals surface area contributed by atoms with Gasteiger partial charge in [-0.2, -0.15) is 5.10 Å². The number of hydrogen-bond donors (Lipinski definition) is 1. The van der Waals surface area contributed by atoms with Crippen LogP contribution in [0.4, 0.5) is 0 Å². The number of rotatable bonds is 6. The third-order valence-electron chi connectivity index (χ3n) is 3.09. The van der Waals surface area contributed by atoms with Crippen molar-refractivity contribution < 1.29 is 4.74 Å². The summed E-state index contributed by atoms with van der Waals surface area (Å²) >= 11 is 9.69. The highest BCUT2D eigenvalue weighted by Crippen LogP contribution is 2.26. The van der Waals surface area contributed by atoms with Crippen LogP contribution in [0.2, 0.25) is 5.02 Å². The molecule has 0 fully saturated rings. The molecule has 0 saturated heterocycles. The van der Waals surface area contributed by atoms with Crippen molar-refractivity contribution in [1.29, 1.82) is 0 Å². The maximum Gasteiger partial charge on any atom is 0.0697 e. The van der Waals surface area contributed by atoms with E-state index in [0.717, 1.165) is 20.8 Å². The maximum absolute atomic E-state index is 6.32. The lowest BCUT2D eigenvalue weighted by atomic mass is 10.0. The van der Waals surface area contributed by atoms with E-state index < -0.39 is 0 Å². The van der Waals surface area contributed by atoms with Crippen molar-refractivity contribution in [2.24, 2.45) is 5.73 Å². The van der Waals surface area contributed by atoms with Crippen LogP contribution in [0.1, 0.15) is 17.3 Å². The smallest absolute Gasteiger partial charge is 0.0697 e. The zero-order valence-corrected chi connectivity index (χ0v) is 13.6. The number of benzene rings is 1. The van der Waals surface area contributed by atoms with Gasteiger partial charge in [-0.05, 0) is 34.0 Å². The lowest BCUT2D eigenvalue weighted by Gasteiger charge is -2.16. The number of ether oxygens (including phenoxy) is 1. The summed E-state index contributed by atoms with van der Waals surface area (Å²) in [5.41, 5.74) is 8.32. The molecule has 2 rings (SSSR count). The fourth-order valence-electron chi connectivity index (χ4n) is 2.09. The minimum absolute atomic E-state index is 0.177. The molecule has 0 aliphatic rings. The average Bonchev–Trinajstić information content (AvgIpc) is 2.80. The number of halogens is 2. The van der Waals surface area contributed by atoms with Crippen molar-refractivity contribution >= 4 is 27.5 Å². The fraction of sp³-hybridized carbons (Fsp3) is 0.357. The quantitative estimate of drug-likeness (QED) is 0.863. The summed E-state index contributed by atoms with van der Waals surface area (Å²) in [4.78, 5) is 0. The van der Waals surface area contributed by atoms with Gasteiger partial charge in [-0.3, -0.25) is 4.68 Å². The molecule has 20 heavy (non-hydrogen) atoms. The highest BCUT2D eigenvalue weighted by molar-refractivity contribution is 9.10. The average molecular weight is 359 g/mol. The normalized spacial score (nSPS) is 12.6. The van der Waals surface area contributed by atoms with Crippen molar-refractivity contribution in [1.82, 2.24) is 9.78 Å². The topological polar surface area (TPSA) is 53.1 Å². The summed E-state index contributed by atoms with van der Waals surface area (Å²) < 4.78 is 7.87. The predicted molar refractivity (Wildman–Crippen MR) is 83.9 cm³/mol. The molecule has 2 aromatic rings. The van der Waals surface area contributed by atoms with E-state index in [4.69, 9.17) is 22.1 Å². The van der Waals surface area contributed by atoms with Gasteiger partial charge in [0.1, 0.15) is 0 Å². The molecule has 1 aromatic carbocycles. The van der Waals surface area contributed by atoms with Crippen molar-refractivity contribution in [3.05, 3.63) is 51.2 Å². The molecule has 0 amide bonds. The van der Waals surface area contributed by atoms with Gasteiger partial charge in [0.25, 0.3) is 0 Å². The zero-order chi connectivity index (χ0) is 14.5. The number of aromatic nitrogens is 2. The van der Waals surface area contributed by atoms with Gasteiger partial charge in [0.2, 0.25) is 0 Å². The number of nitrogens with two attached hydrogens (primary N) is 1. The number of hydrogen-bond acceptors (Lipinski definition) is 3. The number of methoxy groups -OCH3 is 1. The first kappa shape index (κ1) is 15.5. The summed E-state index contributed by atoms with van der Waals surface area (Å²) in [5, 5.41) is 5.05. The highest BCUT2D eigenvalue weighted by atomic mass is 79.9. The van der Waals surface area contributed by atoms with Crippen LogP contribution in [0.25, 0.3) is 0 Å². The lowest BCUT2D eigenvalue weighted by Crippen LogP contribution is -2.20. The summed E-state index contributed by atoms with van der Waals surface area (Å²) in [6.07, 6.45) is 2.43. The minimum atomic E-state index is -0.177. The second-order valence-electron chi connectivity index (χ2n) is 4.50. The number of nitrogens with zero attached hydrogens (tertiary/aromatic N) is 2. The van der Waals surface area contributed by atoms with Crippen LogP contribution in [0.5, 0.6) is 0 Å². The molecular formula is C14H17BrClN3O. The van der Waals surface area contributed by atoms with Crippen LogP contribution in [0.3, 0.4) is 0 Å². The van der Waals surface area contributed by atoms with Gasteiger partial charge in [-0.15, -0.1) is 0 Å². The van der Waals surface area contributed by atoms with Crippen molar-refractivity contribution in [3.63, 3.8) is 0 Å². The van der Waals surface area contributed by atoms with Gasteiger partial charge in [0, 0.05) is 12.1 Å². The predicted octanol–water partition coefficient (Wildman–Crippen LogP) is 3.19. The lowest BCUT2D eigenvalue weighted by molar-refractivity contribution is 0.182. The van der Waals surface area contributed by atoms with Crippen LogP contribution >= 0.6 is 27.5 Å². The molecule has 108 valence electrons. The molecule has 4 nitrogen and oxygen atoms in total. The Bertz CT molecular complexity index is 573. The Morgan fingerprint density at radius 2 is 2.20 bits per heavy atom. The van der Waals surface area contributed by atoms with E-state index in [1.807, 2.05) is 28.9 Å². The van der Waals surface area contributed by atoms with Crippen LogP contribution in [-0.2, 0) is 17.7 Å². The Kier molecular flexibility index (Phi) is 5.60. The fourth-order valence-corrected chi connectivity index (χ4v) is 2.90. The molecule has 1 atom stereocenters. The van der Waals surface area contributed by atoms with Gasteiger partial charge >= 0.3 is 0 Å². The van der Waals surface area contributed by atoms with E-state index in [1.54, 1.807) is 13.3 Å². The second kappa shape index (κ2) is 7.22. The monoisotopic (exact) mass is 357 g/mol. The van der Waals surface area contributed by atoms with E-state index in [1.165, 1.54) is 0 Å². The standard InChI is InChI=1S/C14H17BrClN3O/c1-20-7-6-19-14(11(15)9-18-19)13(17)8-10-4-2-3-5-12(10)16/h2-5,9,13H,6-8,17H2,1H3. The van der Waals surface area contributed by atoms with Crippen molar-refractivity contribution in [3.8, 4) is 0 Å². The Balaban J connectivity index is 2.18. The summed E-state index contributed by atoms with van der Waals surface area (Å²) in [6.45, 7) is 1.27. The molecule has 0 radical (unpaired) electrons. The molecule has 1 aromatic heterocycles. The molecule has 6 heteroatoms. The summed E-state index contributed by atoms with van der Waals surface area (Å²) in [6, 6.07) is 7.57. The molecule has 0 aliphatic carbocycles.